The lowest BCUT2D eigenvalue weighted by molar-refractivity contribution is 0.475. The van der Waals surface area contributed by atoms with Gasteiger partial charge in [0.25, 0.3) is 0 Å². The van der Waals surface area contributed by atoms with Gasteiger partial charge in [0.15, 0.2) is 0 Å². The Labute approximate surface area is 116 Å². The molecule has 94 valence electrons. The molecular weight excluding hydrogens is 269 g/mol. The van der Waals surface area contributed by atoms with Gasteiger partial charge in [-0.3, -0.25) is 0 Å². The topological polar surface area (TPSA) is 32.3 Å². The highest BCUT2D eigenvalue weighted by molar-refractivity contribution is 6.42. The summed E-state index contributed by atoms with van der Waals surface area (Å²) in [5.74, 6) is 0.244. The van der Waals surface area contributed by atoms with Gasteiger partial charge in [0.05, 0.1) is 16.1 Å². The Morgan fingerprint density at radius 3 is 2.39 bits per heavy atom. The van der Waals surface area contributed by atoms with E-state index in [0.717, 1.165) is 11.3 Å². The normalized spacial score (nSPS) is 12.2. The molecule has 2 aromatic carbocycles. The quantitative estimate of drug-likeness (QED) is 0.787. The molecule has 18 heavy (non-hydrogen) atoms. The molecule has 0 bridgehead atoms. The third-order valence-electron chi connectivity index (χ3n) is 2.70. The molecule has 0 fully saturated rings. The van der Waals surface area contributed by atoms with Crippen molar-refractivity contribution >= 4 is 28.9 Å². The van der Waals surface area contributed by atoms with Gasteiger partial charge in [-0.05, 0) is 42.8 Å². The SMILES string of the molecule is CC(Nc1ccc(O)cc1)c1cccc(Cl)c1Cl. The summed E-state index contributed by atoms with van der Waals surface area (Å²) in [5.41, 5.74) is 1.86. The molecule has 4 heteroatoms. The second kappa shape index (κ2) is 5.51. The van der Waals surface area contributed by atoms with Crippen molar-refractivity contribution in [1.29, 1.82) is 0 Å². The van der Waals surface area contributed by atoms with Gasteiger partial charge in [0.2, 0.25) is 0 Å². The van der Waals surface area contributed by atoms with Crippen molar-refractivity contribution in [3.05, 3.63) is 58.1 Å². The van der Waals surface area contributed by atoms with Crippen molar-refractivity contribution in [2.75, 3.05) is 5.32 Å². The first kappa shape index (κ1) is 13.1. The van der Waals surface area contributed by atoms with Crippen molar-refractivity contribution in [3.63, 3.8) is 0 Å². The average molecular weight is 282 g/mol. The fourth-order valence-electron chi connectivity index (χ4n) is 1.74. The van der Waals surface area contributed by atoms with Crippen molar-refractivity contribution in [2.24, 2.45) is 0 Å². The molecule has 1 unspecified atom stereocenters. The van der Waals surface area contributed by atoms with Crippen LogP contribution in [-0.4, -0.2) is 5.11 Å². The number of benzene rings is 2. The van der Waals surface area contributed by atoms with Crippen LogP contribution in [0, 0.1) is 0 Å². The van der Waals surface area contributed by atoms with Gasteiger partial charge in [-0.2, -0.15) is 0 Å². The van der Waals surface area contributed by atoms with E-state index in [1.165, 1.54) is 0 Å². The maximum atomic E-state index is 9.22. The number of halogens is 2. The van der Waals surface area contributed by atoms with E-state index in [0.29, 0.717) is 10.0 Å². The molecule has 0 spiro atoms. The van der Waals surface area contributed by atoms with Crippen molar-refractivity contribution in [2.45, 2.75) is 13.0 Å². The zero-order valence-corrected chi connectivity index (χ0v) is 11.3. The number of nitrogens with one attached hydrogen (secondary N) is 1. The molecule has 0 aromatic heterocycles. The highest BCUT2D eigenvalue weighted by Gasteiger charge is 2.11. The summed E-state index contributed by atoms with van der Waals surface area (Å²) in [4.78, 5) is 0. The first-order valence-electron chi connectivity index (χ1n) is 5.57. The highest BCUT2D eigenvalue weighted by Crippen LogP contribution is 2.31. The van der Waals surface area contributed by atoms with Gasteiger partial charge in [0, 0.05) is 5.69 Å². The Hall–Kier alpha value is -1.38. The lowest BCUT2D eigenvalue weighted by Crippen LogP contribution is -2.07. The van der Waals surface area contributed by atoms with Crippen LogP contribution in [0.3, 0.4) is 0 Å². The van der Waals surface area contributed by atoms with Crippen molar-refractivity contribution in [3.8, 4) is 5.75 Å². The van der Waals surface area contributed by atoms with Crippen LogP contribution in [0.4, 0.5) is 5.69 Å². The average Bonchev–Trinajstić information content (AvgIpc) is 2.35. The van der Waals surface area contributed by atoms with Crippen LogP contribution in [0.5, 0.6) is 5.75 Å². The third kappa shape index (κ3) is 2.89. The fraction of sp³-hybridized carbons (Fsp3) is 0.143. The van der Waals surface area contributed by atoms with Gasteiger partial charge < -0.3 is 10.4 Å². The maximum Gasteiger partial charge on any atom is 0.115 e. The van der Waals surface area contributed by atoms with E-state index >= 15 is 0 Å². The van der Waals surface area contributed by atoms with Crippen molar-refractivity contribution in [1.82, 2.24) is 0 Å². The lowest BCUT2D eigenvalue weighted by atomic mass is 10.1. The molecule has 2 nitrogen and oxygen atoms in total. The summed E-state index contributed by atoms with van der Waals surface area (Å²) in [6.45, 7) is 2.00. The molecule has 0 aliphatic carbocycles. The predicted octanol–water partition coefficient (Wildman–Crippen LogP) is 4.87. The number of hydrogen-bond acceptors (Lipinski definition) is 2. The van der Waals surface area contributed by atoms with Crippen LogP contribution in [0.2, 0.25) is 10.0 Å². The lowest BCUT2D eigenvalue weighted by Gasteiger charge is -2.17. The minimum absolute atomic E-state index is 0.0285. The molecule has 0 aliphatic heterocycles. The zero-order chi connectivity index (χ0) is 13.1. The van der Waals surface area contributed by atoms with Crippen LogP contribution >= 0.6 is 23.2 Å². The summed E-state index contributed by atoms with van der Waals surface area (Å²) in [5, 5.41) is 13.6. The minimum Gasteiger partial charge on any atom is -0.508 e. The van der Waals surface area contributed by atoms with E-state index in [2.05, 4.69) is 5.32 Å². The van der Waals surface area contributed by atoms with Crippen LogP contribution < -0.4 is 5.32 Å². The first-order chi connectivity index (χ1) is 8.58. The molecule has 1 atom stereocenters. The Morgan fingerprint density at radius 2 is 1.72 bits per heavy atom. The number of rotatable bonds is 3. The zero-order valence-electron chi connectivity index (χ0n) is 9.82. The Morgan fingerprint density at radius 1 is 1.06 bits per heavy atom. The van der Waals surface area contributed by atoms with Gasteiger partial charge >= 0.3 is 0 Å². The fourth-order valence-corrected chi connectivity index (χ4v) is 2.21. The number of hydrogen-bond donors (Lipinski definition) is 2. The molecule has 0 saturated heterocycles. The Kier molecular flexibility index (Phi) is 4.00. The van der Waals surface area contributed by atoms with E-state index in [1.807, 2.05) is 31.2 Å². The standard InChI is InChI=1S/C14H13Cl2NO/c1-9(12-3-2-4-13(15)14(12)16)17-10-5-7-11(18)8-6-10/h2-9,17-18H,1H3. The molecule has 0 aliphatic rings. The van der Waals surface area contributed by atoms with Crippen LogP contribution in [0.1, 0.15) is 18.5 Å². The second-order valence-electron chi connectivity index (χ2n) is 4.06. The minimum atomic E-state index is 0.0285. The number of anilines is 1. The van der Waals surface area contributed by atoms with E-state index in [9.17, 15) is 5.11 Å². The third-order valence-corrected chi connectivity index (χ3v) is 3.53. The predicted molar refractivity (Wildman–Crippen MR) is 76.6 cm³/mol. The number of phenols is 1. The molecule has 0 saturated carbocycles. The monoisotopic (exact) mass is 281 g/mol. The van der Waals surface area contributed by atoms with Crippen molar-refractivity contribution < 1.29 is 5.11 Å². The highest BCUT2D eigenvalue weighted by atomic mass is 35.5. The first-order valence-corrected chi connectivity index (χ1v) is 6.33. The molecule has 2 N–H and O–H groups in total. The largest absolute Gasteiger partial charge is 0.508 e. The Bertz CT molecular complexity index is 540. The van der Waals surface area contributed by atoms with E-state index in [-0.39, 0.29) is 11.8 Å². The molecule has 2 rings (SSSR count). The van der Waals surface area contributed by atoms with Gasteiger partial charge in [-0.25, -0.2) is 0 Å². The molecule has 0 heterocycles. The van der Waals surface area contributed by atoms with E-state index in [1.54, 1.807) is 18.2 Å². The molecular formula is C14H13Cl2NO. The van der Waals surface area contributed by atoms with Crippen LogP contribution in [-0.2, 0) is 0 Å². The molecule has 0 radical (unpaired) electrons. The Balaban J connectivity index is 2.19. The summed E-state index contributed by atoms with van der Waals surface area (Å²) in [6.07, 6.45) is 0. The summed E-state index contributed by atoms with van der Waals surface area (Å²) in [7, 11) is 0. The van der Waals surface area contributed by atoms with Crippen LogP contribution in [0.25, 0.3) is 0 Å². The van der Waals surface area contributed by atoms with E-state index < -0.39 is 0 Å². The molecule has 0 amide bonds. The van der Waals surface area contributed by atoms with Crippen LogP contribution in [0.15, 0.2) is 42.5 Å². The summed E-state index contributed by atoms with van der Waals surface area (Å²) < 4.78 is 0. The molecule has 2 aromatic rings. The number of phenolic OH excluding ortho intramolecular Hbond substituents is 1. The van der Waals surface area contributed by atoms with Gasteiger partial charge in [0.1, 0.15) is 5.75 Å². The smallest absolute Gasteiger partial charge is 0.115 e. The maximum absolute atomic E-state index is 9.22. The van der Waals surface area contributed by atoms with Gasteiger partial charge in [-0.15, -0.1) is 0 Å². The summed E-state index contributed by atoms with van der Waals surface area (Å²) >= 11 is 12.2. The summed E-state index contributed by atoms with van der Waals surface area (Å²) in [6, 6.07) is 12.5. The second-order valence-corrected chi connectivity index (χ2v) is 4.84. The number of aromatic hydroxyl groups is 1. The van der Waals surface area contributed by atoms with E-state index in [4.69, 9.17) is 23.2 Å². The van der Waals surface area contributed by atoms with Gasteiger partial charge in [-0.1, -0.05) is 35.3 Å².